The van der Waals surface area contributed by atoms with E-state index in [4.69, 9.17) is 14.2 Å². The van der Waals surface area contributed by atoms with Crippen molar-refractivity contribution >= 4 is 11.7 Å². The fourth-order valence-corrected chi connectivity index (χ4v) is 3.49. The zero-order valence-corrected chi connectivity index (χ0v) is 16.4. The number of para-hydroxylation sites is 2. The summed E-state index contributed by atoms with van der Waals surface area (Å²) in [4.78, 5) is 16.7. The van der Waals surface area contributed by atoms with Crippen LogP contribution >= 0.6 is 0 Å². The van der Waals surface area contributed by atoms with Crippen molar-refractivity contribution in [3.8, 4) is 11.5 Å². The van der Waals surface area contributed by atoms with Crippen LogP contribution in [0.1, 0.15) is 29.6 Å². The lowest BCUT2D eigenvalue weighted by molar-refractivity contribution is 0.0699. The topological polar surface area (TPSA) is 81.7 Å². The molecule has 7 nitrogen and oxygen atoms in total. The number of nitrogens with zero attached hydrogens (tertiary/aromatic N) is 1. The van der Waals surface area contributed by atoms with Crippen LogP contribution in [0.3, 0.4) is 0 Å². The van der Waals surface area contributed by atoms with Gasteiger partial charge >= 0.3 is 0 Å². The van der Waals surface area contributed by atoms with Crippen molar-refractivity contribution in [2.75, 3.05) is 38.2 Å². The van der Waals surface area contributed by atoms with Gasteiger partial charge in [-0.2, -0.15) is 0 Å². The van der Waals surface area contributed by atoms with Crippen LogP contribution in [0.4, 0.5) is 5.82 Å². The molecule has 0 radical (unpaired) electrons. The largest absolute Gasteiger partial charge is 0.486 e. The van der Waals surface area contributed by atoms with Crippen LogP contribution in [0.5, 0.6) is 11.5 Å². The van der Waals surface area contributed by atoms with Gasteiger partial charge in [0.05, 0.1) is 5.56 Å². The van der Waals surface area contributed by atoms with Crippen molar-refractivity contribution in [1.82, 2.24) is 10.3 Å². The van der Waals surface area contributed by atoms with Crippen LogP contribution in [0, 0.1) is 5.92 Å². The molecule has 1 fully saturated rings. The highest BCUT2D eigenvalue weighted by atomic mass is 16.6. The highest BCUT2D eigenvalue weighted by Crippen LogP contribution is 2.31. The Labute approximate surface area is 170 Å². The van der Waals surface area contributed by atoms with Gasteiger partial charge in [0, 0.05) is 38.9 Å². The highest BCUT2D eigenvalue weighted by molar-refractivity contribution is 5.94. The van der Waals surface area contributed by atoms with E-state index < -0.39 is 0 Å². The number of benzene rings is 1. The van der Waals surface area contributed by atoms with E-state index in [1.54, 1.807) is 12.3 Å². The Bertz CT molecular complexity index is 806. The summed E-state index contributed by atoms with van der Waals surface area (Å²) >= 11 is 0. The van der Waals surface area contributed by atoms with E-state index in [1.807, 2.05) is 30.3 Å². The summed E-state index contributed by atoms with van der Waals surface area (Å²) in [6, 6.07) is 11.3. The Morgan fingerprint density at radius 2 is 1.93 bits per heavy atom. The molecule has 0 spiro atoms. The lowest BCUT2D eigenvalue weighted by Gasteiger charge is -2.26. The number of amides is 1. The third-order valence-corrected chi connectivity index (χ3v) is 5.26. The van der Waals surface area contributed by atoms with Crippen molar-refractivity contribution in [3.63, 3.8) is 0 Å². The molecule has 1 saturated heterocycles. The molecule has 1 amide bonds. The molecule has 1 atom stereocenters. The van der Waals surface area contributed by atoms with Crippen LogP contribution in [0.15, 0.2) is 42.6 Å². The number of carbonyl (C=O) groups excluding carboxylic acids is 1. The molecule has 2 aromatic rings. The molecule has 0 aliphatic carbocycles. The van der Waals surface area contributed by atoms with Crippen LogP contribution in [0.25, 0.3) is 0 Å². The van der Waals surface area contributed by atoms with E-state index in [0.29, 0.717) is 31.1 Å². The molecule has 2 aliphatic heterocycles. The van der Waals surface area contributed by atoms with Gasteiger partial charge in [-0.3, -0.25) is 4.79 Å². The summed E-state index contributed by atoms with van der Waals surface area (Å²) in [7, 11) is 0. The average molecular weight is 397 g/mol. The quantitative estimate of drug-likeness (QED) is 0.748. The minimum atomic E-state index is -0.134. The van der Waals surface area contributed by atoms with Gasteiger partial charge in [-0.1, -0.05) is 12.1 Å². The normalized spacial score (nSPS) is 18.8. The molecule has 0 bridgehead atoms. The second kappa shape index (κ2) is 9.60. The summed E-state index contributed by atoms with van der Waals surface area (Å²) in [5, 5.41) is 6.27. The Balaban J connectivity index is 1.19. The predicted octanol–water partition coefficient (Wildman–Crippen LogP) is 2.88. The fraction of sp³-hybridized carbons (Fsp3) is 0.455. The first-order valence-corrected chi connectivity index (χ1v) is 10.2. The zero-order valence-electron chi connectivity index (χ0n) is 16.4. The van der Waals surface area contributed by atoms with Gasteiger partial charge in [-0.15, -0.1) is 0 Å². The van der Waals surface area contributed by atoms with Crippen molar-refractivity contribution in [2.24, 2.45) is 5.92 Å². The lowest BCUT2D eigenvalue weighted by Crippen LogP contribution is -2.34. The number of aromatic nitrogens is 1. The fourth-order valence-electron chi connectivity index (χ4n) is 3.49. The summed E-state index contributed by atoms with van der Waals surface area (Å²) < 4.78 is 17.0. The molecular formula is C22H27N3O4. The number of fused-ring (bicyclic) bond motifs is 1. The molecule has 4 rings (SSSR count). The number of pyridine rings is 1. The van der Waals surface area contributed by atoms with E-state index in [-0.39, 0.29) is 12.0 Å². The number of anilines is 1. The summed E-state index contributed by atoms with van der Waals surface area (Å²) in [5.74, 6) is 2.80. The Kier molecular flexibility index (Phi) is 6.46. The predicted molar refractivity (Wildman–Crippen MR) is 110 cm³/mol. The van der Waals surface area contributed by atoms with Crippen molar-refractivity contribution < 1.29 is 19.0 Å². The van der Waals surface area contributed by atoms with Gasteiger partial charge in [-0.25, -0.2) is 4.98 Å². The maximum Gasteiger partial charge on any atom is 0.252 e. The van der Waals surface area contributed by atoms with Gasteiger partial charge in [0.1, 0.15) is 18.5 Å². The standard InChI is InChI=1S/C22H27N3O4/c26-22(23-10-7-18-15-28-19-3-1-2-4-20(19)29-18)17-5-6-21(25-14-17)24-13-16-8-11-27-12-9-16/h1-6,14,16,18H,7-13,15H2,(H,23,26)(H,24,25)/t18-/m1/s1. The molecule has 2 N–H and O–H groups in total. The van der Waals surface area contributed by atoms with E-state index in [1.165, 1.54) is 0 Å². The summed E-state index contributed by atoms with van der Waals surface area (Å²) in [5.41, 5.74) is 0.549. The second-order valence-corrected chi connectivity index (χ2v) is 7.41. The molecule has 2 aliphatic rings. The first kappa shape index (κ1) is 19.5. The van der Waals surface area contributed by atoms with Gasteiger partial charge in [0.2, 0.25) is 0 Å². The Morgan fingerprint density at radius 3 is 2.72 bits per heavy atom. The van der Waals surface area contributed by atoms with Crippen molar-refractivity contribution in [3.05, 3.63) is 48.2 Å². The third-order valence-electron chi connectivity index (χ3n) is 5.26. The Morgan fingerprint density at radius 1 is 1.10 bits per heavy atom. The molecule has 1 aromatic heterocycles. The number of hydrogen-bond donors (Lipinski definition) is 2. The number of carbonyl (C=O) groups is 1. The van der Waals surface area contributed by atoms with E-state index in [0.717, 1.165) is 49.9 Å². The minimum Gasteiger partial charge on any atom is -0.486 e. The molecule has 154 valence electrons. The maximum atomic E-state index is 12.3. The monoisotopic (exact) mass is 397 g/mol. The van der Waals surface area contributed by atoms with Crippen LogP contribution in [-0.2, 0) is 4.74 Å². The lowest BCUT2D eigenvalue weighted by atomic mass is 10.0. The van der Waals surface area contributed by atoms with Crippen LogP contribution < -0.4 is 20.1 Å². The molecule has 0 unspecified atom stereocenters. The second-order valence-electron chi connectivity index (χ2n) is 7.41. The molecule has 0 saturated carbocycles. The first-order chi connectivity index (χ1) is 14.3. The van der Waals surface area contributed by atoms with E-state index in [9.17, 15) is 4.79 Å². The zero-order chi connectivity index (χ0) is 19.9. The van der Waals surface area contributed by atoms with E-state index in [2.05, 4.69) is 15.6 Å². The SMILES string of the molecule is O=C(NCC[C@@H]1COc2ccccc2O1)c1ccc(NCC2CCOCC2)nc1. The third kappa shape index (κ3) is 5.38. The number of rotatable bonds is 7. The summed E-state index contributed by atoms with van der Waals surface area (Å²) in [6.45, 7) is 3.56. The van der Waals surface area contributed by atoms with Gasteiger partial charge in [0.15, 0.2) is 11.5 Å². The number of hydrogen-bond acceptors (Lipinski definition) is 6. The van der Waals surface area contributed by atoms with Gasteiger partial charge in [0.25, 0.3) is 5.91 Å². The molecule has 7 heteroatoms. The number of ether oxygens (including phenoxy) is 3. The molecule has 3 heterocycles. The van der Waals surface area contributed by atoms with Crippen molar-refractivity contribution in [1.29, 1.82) is 0 Å². The highest BCUT2D eigenvalue weighted by Gasteiger charge is 2.20. The van der Waals surface area contributed by atoms with E-state index >= 15 is 0 Å². The summed E-state index contributed by atoms with van der Waals surface area (Å²) in [6.07, 6.45) is 4.38. The molecule has 29 heavy (non-hydrogen) atoms. The Hall–Kier alpha value is -2.80. The van der Waals surface area contributed by atoms with Crippen molar-refractivity contribution in [2.45, 2.75) is 25.4 Å². The first-order valence-electron chi connectivity index (χ1n) is 10.2. The minimum absolute atomic E-state index is 0.0694. The number of nitrogens with one attached hydrogen (secondary N) is 2. The van der Waals surface area contributed by atoms with Crippen LogP contribution in [0.2, 0.25) is 0 Å². The van der Waals surface area contributed by atoms with Crippen LogP contribution in [-0.4, -0.2) is 49.9 Å². The molecule has 1 aromatic carbocycles. The van der Waals surface area contributed by atoms with Gasteiger partial charge in [-0.05, 0) is 43.0 Å². The maximum absolute atomic E-state index is 12.3. The molecular weight excluding hydrogens is 370 g/mol. The van der Waals surface area contributed by atoms with Gasteiger partial charge < -0.3 is 24.8 Å². The smallest absolute Gasteiger partial charge is 0.252 e. The average Bonchev–Trinajstić information content (AvgIpc) is 2.78.